The topological polar surface area (TPSA) is 84.1 Å². The van der Waals surface area contributed by atoms with Crippen molar-refractivity contribution in [3.05, 3.63) is 76.7 Å². The number of thiophene rings is 1. The zero-order chi connectivity index (χ0) is 25.6. The van der Waals surface area contributed by atoms with E-state index in [2.05, 4.69) is 22.4 Å². The van der Waals surface area contributed by atoms with Crippen LogP contribution in [0.1, 0.15) is 46.5 Å². The summed E-state index contributed by atoms with van der Waals surface area (Å²) in [7, 11) is 1.39. The Kier molecular flexibility index (Phi) is 8.06. The van der Waals surface area contributed by atoms with Crippen LogP contribution in [0, 0.1) is 0 Å². The third-order valence-electron chi connectivity index (χ3n) is 6.42. The van der Waals surface area contributed by atoms with Crippen LogP contribution in [0.5, 0.6) is 0 Å². The quantitative estimate of drug-likeness (QED) is 0.146. The normalized spacial score (nSPS) is 13.0. The van der Waals surface area contributed by atoms with Crippen LogP contribution >= 0.6 is 23.1 Å². The number of nitrogens with zero attached hydrogens (tertiary/aromatic N) is 1. The Bertz CT molecular complexity index is 1320. The molecule has 0 spiro atoms. The average Bonchev–Trinajstić information content (AvgIpc) is 3.42. The summed E-state index contributed by atoms with van der Waals surface area (Å²) in [5.41, 5.74) is 5.54. The monoisotopic (exact) mass is 531 g/mol. The van der Waals surface area contributed by atoms with Crippen molar-refractivity contribution < 1.29 is 14.3 Å². The second-order valence-corrected chi connectivity index (χ2v) is 11.1. The molecule has 2 N–H and O–H groups in total. The zero-order valence-electron chi connectivity index (χ0n) is 20.7. The third kappa shape index (κ3) is 5.81. The Hall–Kier alpha value is -3.36. The highest BCUT2D eigenvalue weighted by Gasteiger charge is 2.26. The van der Waals surface area contributed by atoms with E-state index in [-0.39, 0.29) is 11.9 Å². The van der Waals surface area contributed by atoms with Gasteiger partial charge in [0.05, 0.1) is 24.1 Å². The number of H-pyrrole nitrogens is 1. The molecule has 1 aliphatic rings. The van der Waals surface area contributed by atoms with Crippen molar-refractivity contribution in [2.45, 2.75) is 43.7 Å². The van der Waals surface area contributed by atoms with Crippen molar-refractivity contribution in [3.63, 3.8) is 0 Å². The molecular formula is C29H29N3O3S2. The van der Waals surface area contributed by atoms with Crippen LogP contribution in [0.25, 0.3) is 22.5 Å². The van der Waals surface area contributed by atoms with Crippen LogP contribution < -0.4 is 5.32 Å². The van der Waals surface area contributed by atoms with E-state index >= 15 is 0 Å². The third-order valence-corrected chi connectivity index (χ3v) is 8.51. The highest BCUT2D eigenvalue weighted by Crippen LogP contribution is 2.38. The minimum Gasteiger partial charge on any atom is -0.465 e. The van der Waals surface area contributed by atoms with Gasteiger partial charge >= 0.3 is 5.97 Å². The van der Waals surface area contributed by atoms with Gasteiger partial charge in [-0.05, 0) is 31.2 Å². The Balaban J connectivity index is 1.28. The molecule has 2 aromatic carbocycles. The maximum absolute atomic E-state index is 12.9. The van der Waals surface area contributed by atoms with Gasteiger partial charge in [-0.2, -0.15) is 0 Å². The number of hydrogen-bond donors (Lipinski definition) is 2. The highest BCUT2D eigenvalue weighted by molar-refractivity contribution is 7.99. The van der Waals surface area contributed by atoms with Gasteiger partial charge in [-0.3, -0.25) is 4.79 Å². The summed E-state index contributed by atoms with van der Waals surface area (Å²) >= 11 is 3.03. The largest absolute Gasteiger partial charge is 0.465 e. The number of aromatic amines is 1. The lowest BCUT2D eigenvalue weighted by molar-refractivity contribution is -0.115. The number of anilines is 1. The molecule has 1 amide bonds. The number of hydrogen-bond acceptors (Lipinski definition) is 6. The van der Waals surface area contributed by atoms with Gasteiger partial charge in [0, 0.05) is 28.2 Å². The number of imidazole rings is 1. The van der Waals surface area contributed by atoms with Gasteiger partial charge in [-0.1, -0.05) is 78.8 Å². The summed E-state index contributed by atoms with van der Waals surface area (Å²) in [5, 5.41) is 4.38. The first kappa shape index (κ1) is 25.3. The van der Waals surface area contributed by atoms with Crippen molar-refractivity contribution in [1.29, 1.82) is 0 Å². The van der Waals surface area contributed by atoms with Gasteiger partial charge in [-0.25, -0.2) is 9.78 Å². The molecule has 0 bridgehead atoms. The van der Waals surface area contributed by atoms with Crippen LogP contribution in [-0.2, 0) is 22.4 Å². The number of aromatic nitrogens is 2. The summed E-state index contributed by atoms with van der Waals surface area (Å²) < 4.78 is 5.05. The number of carbonyl (C=O) groups excluding carboxylic acids is 2. The van der Waals surface area contributed by atoms with Crippen molar-refractivity contribution >= 4 is 40.0 Å². The molecule has 2 aromatic heterocycles. The summed E-state index contributed by atoms with van der Waals surface area (Å²) in [5.74, 6) is 0.0641. The van der Waals surface area contributed by atoms with Crippen LogP contribution in [0.15, 0.2) is 65.8 Å². The van der Waals surface area contributed by atoms with E-state index in [1.165, 1.54) is 35.1 Å². The molecule has 0 saturated carbocycles. The molecule has 0 fully saturated rings. The summed E-state index contributed by atoms with van der Waals surface area (Å²) in [4.78, 5) is 34.9. The number of rotatable bonds is 8. The number of thioether (sulfide) groups is 1. The molecule has 0 saturated heterocycles. The first-order chi connectivity index (χ1) is 18.1. The Morgan fingerprint density at radius 2 is 1.70 bits per heavy atom. The van der Waals surface area contributed by atoms with Gasteiger partial charge in [0.1, 0.15) is 5.00 Å². The Morgan fingerprint density at radius 3 is 2.43 bits per heavy atom. The number of aryl methyl sites for hydroxylation is 1. The molecule has 2 heterocycles. The number of fused-ring (bicyclic) bond motifs is 1. The second kappa shape index (κ2) is 11.8. The fourth-order valence-electron chi connectivity index (χ4n) is 4.62. The maximum atomic E-state index is 12.9. The van der Waals surface area contributed by atoms with E-state index in [0.717, 1.165) is 65.3 Å². The van der Waals surface area contributed by atoms with Crippen molar-refractivity contribution in [2.24, 2.45) is 0 Å². The van der Waals surface area contributed by atoms with E-state index in [9.17, 15) is 9.59 Å². The molecule has 0 unspecified atom stereocenters. The molecule has 37 heavy (non-hydrogen) atoms. The summed E-state index contributed by atoms with van der Waals surface area (Å²) in [6.07, 6.45) is 5.42. The number of amides is 1. The van der Waals surface area contributed by atoms with E-state index < -0.39 is 0 Å². The minimum atomic E-state index is -0.374. The fraction of sp³-hybridized carbons (Fsp3) is 0.276. The molecule has 8 heteroatoms. The molecule has 4 aromatic rings. The molecule has 0 radical (unpaired) electrons. The number of ether oxygens (including phenoxy) is 1. The predicted molar refractivity (Wildman–Crippen MR) is 150 cm³/mol. The number of nitrogens with one attached hydrogen (secondary N) is 2. The SMILES string of the molecule is COC(=O)c1c(NC(=O)CCSc2nc(-c3ccccc3)c(-c3ccccc3)[nH]2)sc2c1CCCCC2. The lowest BCUT2D eigenvalue weighted by Crippen LogP contribution is -2.15. The highest BCUT2D eigenvalue weighted by atomic mass is 32.2. The lowest BCUT2D eigenvalue weighted by atomic mass is 10.1. The van der Waals surface area contributed by atoms with Gasteiger partial charge in [0.15, 0.2) is 5.16 Å². The summed E-state index contributed by atoms with van der Waals surface area (Å²) in [6.45, 7) is 0. The zero-order valence-corrected chi connectivity index (χ0v) is 22.3. The predicted octanol–water partition coefficient (Wildman–Crippen LogP) is 6.98. The van der Waals surface area contributed by atoms with Gasteiger partial charge in [0.25, 0.3) is 0 Å². The number of benzene rings is 2. The lowest BCUT2D eigenvalue weighted by Gasteiger charge is -2.07. The van der Waals surface area contributed by atoms with Gasteiger partial charge in [-0.15, -0.1) is 11.3 Å². The molecule has 1 aliphatic carbocycles. The number of methoxy groups -OCH3 is 1. The molecular weight excluding hydrogens is 502 g/mol. The fourth-order valence-corrected chi connectivity index (χ4v) is 6.72. The average molecular weight is 532 g/mol. The van der Waals surface area contributed by atoms with Crippen LogP contribution in [0.3, 0.4) is 0 Å². The standard InChI is InChI=1S/C29H29N3O3S2/c1-35-28(34)24-21-15-9-4-10-16-22(21)37-27(24)30-23(33)17-18-36-29-31-25(19-11-5-2-6-12-19)26(32-29)20-13-7-3-8-14-20/h2-3,5-8,11-14H,4,9-10,15-18H2,1H3,(H,30,33)(H,31,32). The maximum Gasteiger partial charge on any atom is 0.341 e. The van der Waals surface area contributed by atoms with Crippen LogP contribution in [0.2, 0.25) is 0 Å². The summed E-state index contributed by atoms with van der Waals surface area (Å²) in [6, 6.07) is 20.2. The van der Waals surface area contributed by atoms with Crippen LogP contribution in [-0.4, -0.2) is 34.7 Å². The smallest absolute Gasteiger partial charge is 0.341 e. The van der Waals surface area contributed by atoms with E-state index in [1.54, 1.807) is 0 Å². The van der Waals surface area contributed by atoms with Crippen molar-refractivity contribution in [3.8, 4) is 22.5 Å². The van der Waals surface area contributed by atoms with Crippen LogP contribution in [0.4, 0.5) is 5.00 Å². The first-order valence-electron chi connectivity index (χ1n) is 12.5. The second-order valence-electron chi connectivity index (χ2n) is 8.90. The van der Waals surface area contributed by atoms with Crippen molar-refractivity contribution in [1.82, 2.24) is 9.97 Å². The van der Waals surface area contributed by atoms with Crippen molar-refractivity contribution in [2.75, 3.05) is 18.2 Å². The number of esters is 1. The molecule has 190 valence electrons. The number of carbonyl (C=O) groups is 2. The van der Waals surface area contributed by atoms with E-state index in [0.29, 0.717) is 22.7 Å². The van der Waals surface area contributed by atoms with Gasteiger partial charge < -0.3 is 15.0 Å². The molecule has 5 rings (SSSR count). The minimum absolute atomic E-state index is 0.118. The Morgan fingerprint density at radius 1 is 1.00 bits per heavy atom. The molecule has 0 aliphatic heterocycles. The Labute approximate surface area is 224 Å². The molecule has 6 nitrogen and oxygen atoms in total. The van der Waals surface area contributed by atoms with E-state index in [4.69, 9.17) is 9.72 Å². The van der Waals surface area contributed by atoms with Gasteiger partial charge in [0.2, 0.25) is 5.91 Å². The van der Waals surface area contributed by atoms with E-state index in [1.807, 2.05) is 48.5 Å². The molecule has 0 atom stereocenters. The first-order valence-corrected chi connectivity index (χ1v) is 14.3.